The van der Waals surface area contributed by atoms with Gasteiger partial charge >= 0.3 is 0 Å². The molecule has 1 aliphatic rings. The molecule has 0 saturated carbocycles. The fourth-order valence-corrected chi connectivity index (χ4v) is 2.53. The van der Waals surface area contributed by atoms with Gasteiger partial charge in [-0.2, -0.15) is 0 Å². The monoisotopic (exact) mass is 235 g/mol. The van der Waals surface area contributed by atoms with Crippen LogP contribution < -0.4 is 5.73 Å². The zero-order chi connectivity index (χ0) is 12.4. The molecule has 1 atom stereocenters. The van der Waals surface area contributed by atoms with E-state index in [1.807, 2.05) is 26.0 Å². The Morgan fingerprint density at radius 3 is 2.29 bits per heavy atom. The lowest BCUT2D eigenvalue weighted by Crippen LogP contribution is -2.27. The van der Waals surface area contributed by atoms with Gasteiger partial charge in [-0.05, 0) is 49.3 Å². The van der Waals surface area contributed by atoms with E-state index in [0.29, 0.717) is 11.7 Å². The summed E-state index contributed by atoms with van der Waals surface area (Å²) in [6, 6.07) is 4.06. The summed E-state index contributed by atoms with van der Waals surface area (Å²) in [7, 11) is 0. The number of nitrogens with two attached hydrogens (primary N) is 1. The van der Waals surface area contributed by atoms with E-state index in [4.69, 9.17) is 10.5 Å². The predicted molar refractivity (Wildman–Crippen MR) is 68.1 cm³/mol. The van der Waals surface area contributed by atoms with Gasteiger partial charge in [0.15, 0.2) is 0 Å². The summed E-state index contributed by atoms with van der Waals surface area (Å²) in [5.41, 5.74) is 9.26. The van der Waals surface area contributed by atoms with Gasteiger partial charge in [0, 0.05) is 19.3 Å². The molecule has 3 nitrogen and oxygen atoms in total. The van der Waals surface area contributed by atoms with Gasteiger partial charge in [0.2, 0.25) is 0 Å². The van der Waals surface area contributed by atoms with Crippen LogP contribution in [0.1, 0.15) is 35.6 Å². The smallest absolute Gasteiger partial charge is 0.121 e. The number of rotatable bonds is 2. The maximum Gasteiger partial charge on any atom is 0.121 e. The second kappa shape index (κ2) is 5.07. The van der Waals surface area contributed by atoms with Gasteiger partial charge in [-0.25, -0.2) is 0 Å². The molecule has 1 saturated heterocycles. The van der Waals surface area contributed by atoms with Crippen molar-refractivity contribution < 1.29 is 9.84 Å². The number of phenols is 1. The van der Waals surface area contributed by atoms with E-state index in [1.165, 1.54) is 0 Å². The lowest BCUT2D eigenvalue weighted by atomic mass is 9.86. The second-order valence-corrected chi connectivity index (χ2v) is 4.98. The van der Waals surface area contributed by atoms with Gasteiger partial charge in [0.1, 0.15) is 5.75 Å². The van der Waals surface area contributed by atoms with Crippen LogP contribution in [0.2, 0.25) is 0 Å². The molecule has 3 N–H and O–H groups in total. The number of hydrogen-bond donors (Lipinski definition) is 2. The highest BCUT2D eigenvalue weighted by molar-refractivity contribution is 5.43. The van der Waals surface area contributed by atoms with Crippen LogP contribution in [0.3, 0.4) is 0 Å². The predicted octanol–water partition coefficient (Wildman–Crippen LogP) is 2.44. The quantitative estimate of drug-likeness (QED) is 0.827. The Labute approximate surface area is 103 Å². The molecule has 0 radical (unpaired) electrons. The first kappa shape index (κ1) is 12.4. The van der Waals surface area contributed by atoms with Gasteiger partial charge in [0.05, 0.1) is 0 Å². The molecule has 94 valence electrons. The summed E-state index contributed by atoms with van der Waals surface area (Å²) in [5.74, 6) is 0.875. The molecular formula is C14H21NO2. The Bertz CT molecular complexity index is 374. The highest BCUT2D eigenvalue weighted by atomic mass is 16.5. The molecule has 1 fully saturated rings. The molecule has 17 heavy (non-hydrogen) atoms. The summed E-state index contributed by atoms with van der Waals surface area (Å²) in [5, 5.41) is 9.76. The average Bonchev–Trinajstić information content (AvgIpc) is 2.35. The Balaban J connectivity index is 2.21. The van der Waals surface area contributed by atoms with E-state index < -0.39 is 0 Å². The van der Waals surface area contributed by atoms with Gasteiger partial charge in [-0.3, -0.25) is 0 Å². The van der Waals surface area contributed by atoms with E-state index in [1.54, 1.807) is 0 Å². The second-order valence-electron chi connectivity index (χ2n) is 4.98. The van der Waals surface area contributed by atoms with Crippen molar-refractivity contribution in [2.45, 2.75) is 32.7 Å². The summed E-state index contributed by atoms with van der Waals surface area (Å²) in [6.45, 7) is 5.47. The summed E-state index contributed by atoms with van der Waals surface area (Å²) in [4.78, 5) is 0. The van der Waals surface area contributed by atoms with Gasteiger partial charge < -0.3 is 15.6 Å². The van der Waals surface area contributed by atoms with E-state index in [2.05, 4.69) is 0 Å². The van der Waals surface area contributed by atoms with Crippen LogP contribution in [0.5, 0.6) is 5.75 Å². The Hall–Kier alpha value is -1.06. The van der Waals surface area contributed by atoms with Crippen LogP contribution in [0.4, 0.5) is 0 Å². The third-order valence-electron chi connectivity index (χ3n) is 3.67. The molecular weight excluding hydrogens is 214 g/mol. The minimum Gasteiger partial charge on any atom is -0.507 e. The standard InChI is InChI=1S/C14H21NO2/c1-9-7-12(8-10(2)14(9)16)13(15)11-3-5-17-6-4-11/h7-8,11,13,16H,3-6,15H2,1-2H3/t13-/m1/s1. The fraction of sp³-hybridized carbons (Fsp3) is 0.571. The van der Waals surface area contributed by atoms with Crippen LogP contribution in [0.25, 0.3) is 0 Å². The third-order valence-corrected chi connectivity index (χ3v) is 3.67. The largest absolute Gasteiger partial charge is 0.507 e. The lowest BCUT2D eigenvalue weighted by molar-refractivity contribution is 0.0583. The van der Waals surface area contributed by atoms with Gasteiger partial charge in [0.25, 0.3) is 0 Å². The molecule has 1 aromatic rings. The minimum atomic E-state index is 0.0527. The SMILES string of the molecule is Cc1cc([C@H](N)C2CCOCC2)cc(C)c1O. The summed E-state index contributed by atoms with van der Waals surface area (Å²) < 4.78 is 5.36. The Morgan fingerprint density at radius 2 is 1.76 bits per heavy atom. The molecule has 0 unspecified atom stereocenters. The molecule has 3 heteroatoms. The molecule has 1 aliphatic heterocycles. The number of ether oxygens (including phenoxy) is 1. The Morgan fingerprint density at radius 1 is 1.24 bits per heavy atom. The highest BCUT2D eigenvalue weighted by Gasteiger charge is 2.23. The molecule has 0 spiro atoms. The van der Waals surface area contributed by atoms with E-state index in [9.17, 15) is 5.11 Å². The van der Waals surface area contributed by atoms with Crippen LogP contribution in [-0.2, 0) is 4.74 Å². The molecule has 0 amide bonds. The zero-order valence-electron chi connectivity index (χ0n) is 10.6. The van der Waals surface area contributed by atoms with Crippen molar-refractivity contribution in [3.63, 3.8) is 0 Å². The number of benzene rings is 1. The van der Waals surface area contributed by atoms with Crippen molar-refractivity contribution in [3.05, 3.63) is 28.8 Å². The molecule has 0 aromatic heterocycles. The van der Waals surface area contributed by atoms with Crippen molar-refractivity contribution in [2.24, 2.45) is 11.7 Å². The zero-order valence-corrected chi connectivity index (χ0v) is 10.6. The topological polar surface area (TPSA) is 55.5 Å². The van der Waals surface area contributed by atoms with Crippen molar-refractivity contribution >= 4 is 0 Å². The summed E-state index contributed by atoms with van der Waals surface area (Å²) >= 11 is 0. The molecule has 1 heterocycles. The summed E-state index contributed by atoms with van der Waals surface area (Å²) in [6.07, 6.45) is 2.06. The van der Waals surface area contributed by atoms with Gasteiger partial charge in [-0.15, -0.1) is 0 Å². The highest BCUT2D eigenvalue weighted by Crippen LogP contribution is 2.32. The van der Waals surface area contributed by atoms with Crippen LogP contribution in [0, 0.1) is 19.8 Å². The molecule has 2 rings (SSSR count). The van der Waals surface area contributed by atoms with Crippen molar-refractivity contribution in [1.29, 1.82) is 0 Å². The van der Waals surface area contributed by atoms with Crippen molar-refractivity contribution in [2.75, 3.05) is 13.2 Å². The maximum absolute atomic E-state index is 9.76. The first-order valence-corrected chi connectivity index (χ1v) is 6.23. The number of hydrogen-bond acceptors (Lipinski definition) is 3. The van der Waals surface area contributed by atoms with Crippen LogP contribution >= 0.6 is 0 Å². The van der Waals surface area contributed by atoms with Crippen LogP contribution in [0.15, 0.2) is 12.1 Å². The number of phenolic OH excluding ortho intramolecular Hbond substituents is 1. The first-order valence-electron chi connectivity index (χ1n) is 6.23. The van der Waals surface area contributed by atoms with Gasteiger partial charge in [-0.1, -0.05) is 12.1 Å². The van der Waals surface area contributed by atoms with Crippen LogP contribution in [-0.4, -0.2) is 18.3 Å². The molecule has 0 aliphatic carbocycles. The lowest BCUT2D eigenvalue weighted by Gasteiger charge is -2.28. The van der Waals surface area contributed by atoms with Crippen molar-refractivity contribution in [3.8, 4) is 5.75 Å². The fourth-order valence-electron chi connectivity index (χ4n) is 2.53. The first-order chi connectivity index (χ1) is 8.09. The molecule has 1 aromatic carbocycles. The third kappa shape index (κ3) is 2.61. The van der Waals surface area contributed by atoms with E-state index in [0.717, 1.165) is 42.7 Å². The minimum absolute atomic E-state index is 0.0527. The molecule has 0 bridgehead atoms. The van der Waals surface area contributed by atoms with E-state index >= 15 is 0 Å². The number of aryl methyl sites for hydroxylation is 2. The maximum atomic E-state index is 9.76. The normalized spacial score (nSPS) is 19.2. The number of aromatic hydroxyl groups is 1. The van der Waals surface area contributed by atoms with E-state index in [-0.39, 0.29) is 6.04 Å². The average molecular weight is 235 g/mol. The van der Waals surface area contributed by atoms with Crippen molar-refractivity contribution in [1.82, 2.24) is 0 Å². The Kier molecular flexibility index (Phi) is 3.69.